The molecule has 0 saturated heterocycles. The summed E-state index contributed by atoms with van der Waals surface area (Å²) in [5, 5.41) is 3.46. The summed E-state index contributed by atoms with van der Waals surface area (Å²) in [6.45, 7) is 6.34. The lowest BCUT2D eigenvalue weighted by molar-refractivity contribution is 0.271. The summed E-state index contributed by atoms with van der Waals surface area (Å²) < 4.78 is 11.7. The van der Waals surface area contributed by atoms with Crippen LogP contribution >= 0.6 is 0 Å². The first kappa shape index (κ1) is 18.8. The molecule has 0 bridgehead atoms. The average molecular weight is 361 g/mol. The van der Waals surface area contributed by atoms with E-state index in [9.17, 15) is 0 Å². The van der Waals surface area contributed by atoms with Crippen LogP contribution in [0.3, 0.4) is 0 Å². The Morgan fingerprint density at radius 2 is 1.44 bits per heavy atom. The summed E-state index contributed by atoms with van der Waals surface area (Å²) >= 11 is 0. The molecule has 0 aliphatic rings. The molecule has 27 heavy (non-hydrogen) atoms. The number of anilines is 1. The molecule has 0 atom stereocenters. The molecule has 0 aromatic heterocycles. The summed E-state index contributed by atoms with van der Waals surface area (Å²) in [7, 11) is 0. The van der Waals surface area contributed by atoms with E-state index in [2.05, 4.69) is 49.5 Å². The van der Waals surface area contributed by atoms with Crippen molar-refractivity contribution < 1.29 is 9.47 Å². The van der Waals surface area contributed by atoms with Crippen LogP contribution in [0.1, 0.15) is 25.0 Å². The highest BCUT2D eigenvalue weighted by atomic mass is 16.5. The Morgan fingerprint density at radius 1 is 0.741 bits per heavy atom. The highest BCUT2D eigenvalue weighted by molar-refractivity contribution is 5.48. The van der Waals surface area contributed by atoms with Gasteiger partial charge in [-0.1, -0.05) is 62.4 Å². The van der Waals surface area contributed by atoms with Gasteiger partial charge in [0.15, 0.2) is 0 Å². The van der Waals surface area contributed by atoms with Gasteiger partial charge in [0, 0.05) is 18.3 Å². The zero-order chi connectivity index (χ0) is 18.9. The van der Waals surface area contributed by atoms with Crippen LogP contribution in [0.25, 0.3) is 0 Å². The van der Waals surface area contributed by atoms with Gasteiger partial charge < -0.3 is 14.8 Å². The van der Waals surface area contributed by atoms with Crippen molar-refractivity contribution in [2.45, 2.75) is 27.0 Å². The van der Waals surface area contributed by atoms with Gasteiger partial charge in [0.25, 0.3) is 0 Å². The summed E-state index contributed by atoms with van der Waals surface area (Å²) in [4.78, 5) is 0. The Labute approximate surface area is 162 Å². The Kier molecular flexibility index (Phi) is 6.75. The molecular weight excluding hydrogens is 334 g/mol. The summed E-state index contributed by atoms with van der Waals surface area (Å²) in [5.74, 6) is 2.30. The Hall–Kier alpha value is -2.94. The molecule has 3 nitrogen and oxygen atoms in total. The standard InChI is InChI=1S/C24H27NO2/c1-19(2)17-26-23-12-6-10-21(14-23)16-25-22-11-7-13-24(15-22)27-18-20-8-4-3-5-9-20/h3-15,19,25H,16-18H2,1-2H3. The quantitative estimate of drug-likeness (QED) is 0.514. The van der Waals surface area contributed by atoms with Crippen molar-refractivity contribution in [3.05, 3.63) is 90.0 Å². The maximum Gasteiger partial charge on any atom is 0.121 e. The lowest BCUT2D eigenvalue weighted by Gasteiger charge is -2.12. The Balaban J connectivity index is 1.54. The molecule has 140 valence electrons. The fourth-order valence-corrected chi connectivity index (χ4v) is 2.65. The minimum Gasteiger partial charge on any atom is -0.493 e. The summed E-state index contributed by atoms with van der Waals surface area (Å²) in [5.41, 5.74) is 3.38. The topological polar surface area (TPSA) is 30.5 Å². The molecule has 0 spiro atoms. The molecule has 3 aromatic rings. The highest BCUT2D eigenvalue weighted by Crippen LogP contribution is 2.20. The number of ether oxygens (including phenoxy) is 2. The first-order chi connectivity index (χ1) is 13.2. The highest BCUT2D eigenvalue weighted by Gasteiger charge is 2.01. The molecule has 0 saturated carbocycles. The van der Waals surface area contributed by atoms with E-state index in [4.69, 9.17) is 9.47 Å². The van der Waals surface area contributed by atoms with Gasteiger partial charge in [-0.3, -0.25) is 0 Å². The van der Waals surface area contributed by atoms with Crippen LogP contribution in [0, 0.1) is 5.92 Å². The number of nitrogens with one attached hydrogen (secondary N) is 1. The Bertz CT molecular complexity index is 831. The van der Waals surface area contributed by atoms with Crippen molar-refractivity contribution in [3.8, 4) is 11.5 Å². The van der Waals surface area contributed by atoms with E-state index in [0.717, 1.165) is 35.9 Å². The van der Waals surface area contributed by atoms with Crippen molar-refractivity contribution in [1.82, 2.24) is 0 Å². The van der Waals surface area contributed by atoms with Gasteiger partial charge in [-0.2, -0.15) is 0 Å². The monoisotopic (exact) mass is 361 g/mol. The van der Waals surface area contributed by atoms with Crippen LogP contribution in [0.2, 0.25) is 0 Å². The summed E-state index contributed by atoms with van der Waals surface area (Å²) in [6.07, 6.45) is 0. The SMILES string of the molecule is CC(C)COc1cccc(CNc2cccc(OCc3ccccc3)c2)c1. The summed E-state index contributed by atoms with van der Waals surface area (Å²) in [6, 6.07) is 26.5. The average Bonchev–Trinajstić information content (AvgIpc) is 2.71. The molecule has 0 fully saturated rings. The minimum atomic E-state index is 0.519. The van der Waals surface area contributed by atoms with Gasteiger partial charge in [0.2, 0.25) is 0 Å². The van der Waals surface area contributed by atoms with Gasteiger partial charge in [-0.25, -0.2) is 0 Å². The van der Waals surface area contributed by atoms with E-state index in [-0.39, 0.29) is 0 Å². The van der Waals surface area contributed by atoms with Crippen LogP contribution < -0.4 is 14.8 Å². The third-order valence-corrected chi connectivity index (χ3v) is 4.06. The zero-order valence-corrected chi connectivity index (χ0v) is 16.0. The number of benzene rings is 3. The molecule has 3 heteroatoms. The predicted octanol–water partition coefficient (Wildman–Crippen LogP) is 5.91. The van der Waals surface area contributed by atoms with Gasteiger partial charge in [-0.05, 0) is 41.3 Å². The lowest BCUT2D eigenvalue weighted by atomic mass is 10.2. The largest absolute Gasteiger partial charge is 0.493 e. The van der Waals surface area contributed by atoms with Crippen LogP contribution in [0.5, 0.6) is 11.5 Å². The first-order valence-corrected chi connectivity index (χ1v) is 9.41. The van der Waals surface area contributed by atoms with Crippen LogP contribution in [0.15, 0.2) is 78.9 Å². The van der Waals surface area contributed by atoms with Gasteiger partial charge in [0.1, 0.15) is 18.1 Å². The third kappa shape index (κ3) is 6.37. The van der Waals surface area contributed by atoms with Gasteiger partial charge >= 0.3 is 0 Å². The Morgan fingerprint density at radius 3 is 2.22 bits per heavy atom. The van der Waals surface area contributed by atoms with Crippen molar-refractivity contribution in [3.63, 3.8) is 0 Å². The fraction of sp³-hybridized carbons (Fsp3) is 0.250. The molecule has 0 aliphatic heterocycles. The maximum absolute atomic E-state index is 5.90. The molecule has 0 aliphatic carbocycles. The normalized spacial score (nSPS) is 10.6. The molecule has 0 radical (unpaired) electrons. The van der Waals surface area contributed by atoms with Crippen molar-refractivity contribution in [2.24, 2.45) is 5.92 Å². The van der Waals surface area contributed by atoms with Crippen LogP contribution in [-0.4, -0.2) is 6.61 Å². The van der Waals surface area contributed by atoms with E-state index in [1.807, 2.05) is 48.5 Å². The number of hydrogen-bond acceptors (Lipinski definition) is 3. The van der Waals surface area contributed by atoms with E-state index in [1.54, 1.807) is 0 Å². The molecule has 3 aromatic carbocycles. The number of hydrogen-bond donors (Lipinski definition) is 1. The van der Waals surface area contributed by atoms with E-state index in [0.29, 0.717) is 12.5 Å². The molecule has 3 rings (SSSR count). The minimum absolute atomic E-state index is 0.519. The third-order valence-electron chi connectivity index (χ3n) is 4.06. The van der Waals surface area contributed by atoms with E-state index in [1.165, 1.54) is 5.56 Å². The van der Waals surface area contributed by atoms with E-state index >= 15 is 0 Å². The van der Waals surface area contributed by atoms with Crippen molar-refractivity contribution in [2.75, 3.05) is 11.9 Å². The molecule has 0 unspecified atom stereocenters. The first-order valence-electron chi connectivity index (χ1n) is 9.41. The zero-order valence-electron chi connectivity index (χ0n) is 16.0. The molecule has 1 N–H and O–H groups in total. The van der Waals surface area contributed by atoms with Crippen molar-refractivity contribution >= 4 is 5.69 Å². The molecule has 0 amide bonds. The smallest absolute Gasteiger partial charge is 0.121 e. The fourth-order valence-electron chi connectivity index (χ4n) is 2.65. The lowest BCUT2D eigenvalue weighted by Crippen LogP contribution is -2.05. The van der Waals surface area contributed by atoms with Crippen molar-refractivity contribution in [1.29, 1.82) is 0 Å². The van der Waals surface area contributed by atoms with E-state index < -0.39 is 0 Å². The number of rotatable bonds is 9. The predicted molar refractivity (Wildman–Crippen MR) is 111 cm³/mol. The van der Waals surface area contributed by atoms with Crippen LogP contribution in [-0.2, 0) is 13.2 Å². The van der Waals surface area contributed by atoms with Crippen LogP contribution in [0.4, 0.5) is 5.69 Å². The second kappa shape index (κ2) is 9.67. The molecule has 0 heterocycles. The van der Waals surface area contributed by atoms with Gasteiger partial charge in [0.05, 0.1) is 6.61 Å². The second-order valence-corrected chi connectivity index (χ2v) is 7.01. The molecular formula is C24H27NO2. The van der Waals surface area contributed by atoms with Gasteiger partial charge in [-0.15, -0.1) is 0 Å². The second-order valence-electron chi connectivity index (χ2n) is 7.01. The maximum atomic E-state index is 5.90.